The van der Waals surface area contributed by atoms with Crippen LogP contribution in [-0.4, -0.2) is 28.2 Å². The Morgan fingerprint density at radius 1 is 0.975 bits per heavy atom. The Kier molecular flexibility index (Phi) is 9.74. The van der Waals surface area contributed by atoms with E-state index in [9.17, 15) is 18.8 Å². The molecule has 0 aliphatic carbocycles. The van der Waals surface area contributed by atoms with Gasteiger partial charge in [0.15, 0.2) is 0 Å². The standard InChI is InChI=1S/C31H42FN3O5/c1-29(2,33)20-31(5,34)30(3,4)28(38)39-15-10-8-6-7-9-14-35-19-22-17-24(21-12-11-13-23(32)16-21)27(37)40-25(22)18-26(35)36/h11-13,16-19H,6-10,14-15,20,33-34H2,1-5H3. The van der Waals surface area contributed by atoms with Gasteiger partial charge in [0.2, 0.25) is 0 Å². The van der Waals surface area contributed by atoms with Gasteiger partial charge in [-0.25, -0.2) is 9.18 Å². The van der Waals surface area contributed by atoms with Crippen molar-refractivity contribution < 1.29 is 18.3 Å². The van der Waals surface area contributed by atoms with Crippen LogP contribution in [0.15, 0.2) is 56.6 Å². The van der Waals surface area contributed by atoms with E-state index >= 15 is 0 Å². The first-order valence-corrected chi connectivity index (χ1v) is 13.8. The average Bonchev–Trinajstić information content (AvgIpc) is 2.84. The van der Waals surface area contributed by atoms with Gasteiger partial charge in [0.1, 0.15) is 11.4 Å². The zero-order chi connectivity index (χ0) is 29.7. The highest BCUT2D eigenvalue weighted by Crippen LogP contribution is 2.35. The molecule has 40 heavy (non-hydrogen) atoms. The summed E-state index contributed by atoms with van der Waals surface area (Å²) in [4.78, 5) is 37.7. The van der Waals surface area contributed by atoms with E-state index in [-0.39, 0.29) is 22.7 Å². The summed E-state index contributed by atoms with van der Waals surface area (Å²) in [6.45, 7) is 10.0. The molecule has 0 bridgehead atoms. The van der Waals surface area contributed by atoms with Crippen LogP contribution in [0.25, 0.3) is 22.1 Å². The molecule has 1 unspecified atom stereocenters. The van der Waals surface area contributed by atoms with E-state index < -0.39 is 27.9 Å². The number of carbonyl (C=O) groups excluding carboxylic acids is 1. The van der Waals surface area contributed by atoms with Crippen molar-refractivity contribution in [3.8, 4) is 11.1 Å². The number of ether oxygens (including phenoxy) is 1. The van der Waals surface area contributed by atoms with Crippen molar-refractivity contribution in [3.63, 3.8) is 0 Å². The third-order valence-electron chi connectivity index (χ3n) is 7.51. The first-order chi connectivity index (χ1) is 18.6. The molecule has 9 heteroatoms. The van der Waals surface area contributed by atoms with E-state index in [0.29, 0.717) is 30.5 Å². The van der Waals surface area contributed by atoms with Gasteiger partial charge in [0.05, 0.1) is 17.6 Å². The number of pyridine rings is 1. The average molecular weight is 556 g/mol. The summed E-state index contributed by atoms with van der Waals surface area (Å²) in [6, 6.07) is 8.67. The summed E-state index contributed by atoms with van der Waals surface area (Å²) >= 11 is 0. The molecule has 0 aliphatic rings. The summed E-state index contributed by atoms with van der Waals surface area (Å²) in [5.74, 6) is -0.775. The number of hydrogen-bond donors (Lipinski definition) is 2. The highest BCUT2D eigenvalue weighted by Gasteiger charge is 2.46. The predicted octanol–water partition coefficient (Wildman–Crippen LogP) is 5.13. The zero-order valence-corrected chi connectivity index (χ0v) is 24.2. The summed E-state index contributed by atoms with van der Waals surface area (Å²) in [6.07, 6.45) is 6.38. The lowest BCUT2D eigenvalue weighted by atomic mass is 9.68. The van der Waals surface area contributed by atoms with Crippen LogP contribution in [0.4, 0.5) is 4.39 Å². The van der Waals surface area contributed by atoms with Crippen LogP contribution < -0.4 is 22.7 Å². The predicted molar refractivity (Wildman–Crippen MR) is 155 cm³/mol. The van der Waals surface area contributed by atoms with Crippen molar-refractivity contribution in [1.82, 2.24) is 4.57 Å². The van der Waals surface area contributed by atoms with Crippen LogP contribution in [0.3, 0.4) is 0 Å². The lowest BCUT2D eigenvalue weighted by Crippen LogP contribution is -2.59. The summed E-state index contributed by atoms with van der Waals surface area (Å²) in [5.41, 5.74) is 10.4. The minimum atomic E-state index is -0.878. The monoisotopic (exact) mass is 555 g/mol. The van der Waals surface area contributed by atoms with Gasteiger partial charge in [-0.05, 0) is 77.6 Å². The third-order valence-corrected chi connectivity index (χ3v) is 7.51. The Morgan fingerprint density at radius 3 is 2.33 bits per heavy atom. The fourth-order valence-corrected chi connectivity index (χ4v) is 4.83. The van der Waals surface area contributed by atoms with Gasteiger partial charge in [-0.3, -0.25) is 9.59 Å². The molecule has 3 rings (SSSR count). The number of carbonyl (C=O) groups is 1. The second kappa shape index (κ2) is 12.5. The number of nitrogens with zero attached hydrogens (tertiary/aromatic N) is 1. The van der Waals surface area contributed by atoms with Crippen LogP contribution in [0, 0.1) is 11.2 Å². The number of aromatic nitrogens is 1. The lowest BCUT2D eigenvalue weighted by Gasteiger charge is -2.42. The molecule has 4 N–H and O–H groups in total. The highest BCUT2D eigenvalue weighted by atomic mass is 19.1. The normalized spacial score (nSPS) is 13.8. The highest BCUT2D eigenvalue weighted by molar-refractivity contribution is 5.80. The summed E-state index contributed by atoms with van der Waals surface area (Å²) in [5, 5.41) is 0.590. The molecule has 3 aromatic rings. The van der Waals surface area contributed by atoms with Gasteiger partial charge in [0, 0.05) is 35.3 Å². The number of esters is 1. The molecule has 2 heterocycles. The number of benzene rings is 1. The van der Waals surface area contributed by atoms with Crippen LogP contribution in [0.2, 0.25) is 0 Å². The van der Waals surface area contributed by atoms with E-state index in [1.54, 1.807) is 36.7 Å². The Hall–Kier alpha value is -3.30. The SMILES string of the molecule is CC(C)(N)CC(C)(N)C(C)(C)C(=O)OCCCCCCCn1cc2cc(-c3cccc(F)c3)c(=O)oc2cc1=O. The molecule has 0 aliphatic heterocycles. The van der Waals surface area contributed by atoms with Crippen LogP contribution >= 0.6 is 0 Å². The quantitative estimate of drug-likeness (QED) is 0.221. The first kappa shape index (κ1) is 31.2. The maximum atomic E-state index is 13.7. The maximum absolute atomic E-state index is 13.7. The zero-order valence-electron chi connectivity index (χ0n) is 24.2. The molecule has 0 saturated carbocycles. The topological polar surface area (TPSA) is 131 Å². The van der Waals surface area contributed by atoms with Gasteiger partial charge in [0.25, 0.3) is 5.56 Å². The summed E-state index contributed by atoms with van der Waals surface area (Å²) in [7, 11) is 0. The summed E-state index contributed by atoms with van der Waals surface area (Å²) < 4.78 is 26.1. The smallest absolute Gasteiger partial charge is 0.344 e. The number of rotatable bonds is 13. The second-order valence-corrected chi connectivity index (χ2v) is 12.2. The van der Waals surface area contributed by atoms with Crippen molar-refractivity contribution in [2.75, 3.05) is 6.61 Å². The number of unbranched alkanes of at least 4 members (excludes halogenated alkanes) is 4. The van der Waals surface area contributed by atoms with Crippen LogP contribution in [-0.2, 0) is 16.1 Å². The minimum absolute atomic E-state index is 0.200. The fraction of sp³-hybridized carbons (Fsp3) is 0.516. The molecule has 8 nitrogen and oxygen atoms in total. The largest absolute Gasteiger partial charge is 0.465 e. The Bertz CT molecular complexity index is 1450. The van der Waals surface area contributed by atoms with E-state index in [2.05, 4.69) is 0 Å². The van der Waals surface area contributed by atoms with Crippen LogP contribution in [0.1, 0.15) is 73.1 Å². The van der Waals surface area contributed by atoms with Crippen molar-refractivity contribution in [2.24, 2.45) is 16.9 Å². The molecule has 2 aromatic heterocycles. The Morgan fingerprint density at radius 2 is 1.65 bits per heavy atom. The molecule has 0 saturated heterocycles. The van der Waals surface area contributed by atoms with Crippen molar-refractivity contribution in [2.45, 2.75) is 90.8 Å². The van der Waals surface area contributed by atoms with E-state index in [4.69, 9.17) is 20.6 Å². The lowest BCUT2D eigenvalue weighted by molar-refractivity contribution is -0.158. The Labute approximate surface area is 234 Å². The Balaban J connectivity index is 1.47. The number of hydrogen-bond acceptors (Lipinski definition) is 7. The van der Waals surface area contributed by atoms with Crippen molar-refractivity contribution >= 4 is 16.9 Å². The van der Waals surface area contributed by atoms with Gasteiger partial charge in [-0.1, -0.05) is 31.4 Å². The molecule has 0 fully saturated rings. The minimum Gasteiger partial charge on any atom is -0.465 e. The molecular formula is C31H42FN3O5. The molecular weight excluding hydrogens is 513 g/mol. The molecule has 218 valence electrons. The number of nitrogens with two attached hydrogens (primary N) is 2. The van der Waals surface area contributed by atoms with Gasteiger partial charge in [-0.2, -0.15) is 0 Å². The van der Waals surface area contributed by atoms with Gasteiger partial charge < -0.3 is 25.2 Å². The molecule has 1 atom stereocenters. The maximum Gasteiger partial charge on any atom is 0.344 e. The van der Waals surface area contributed by atoms with Gasteiger partial charge in [-0.15, -0.1) is 0 Å². The molecule has 0 radical (unpaired) electrons. The first-order valence-electron chi connectivity index (χ1n) is 13.8. The van der Waals surface area contributed by atoms with Crippen molar-refractivity contribution in [1.29, 1.82) is 0 Å². The van der Waals surface area contributed by atoms with Crippen molar-refractivity contribution in [3.05, 3.63) is 69.2 Å². The number of aryl methyl sites for hydroxylation is 1. The molecule has 0 spiro atoms. The number of fused-ring (bicyclic) bond motifs is 1. The van der Waals surface area contributed by atoms with E-state index in [1.807, 2.05) is 20.8 Å². The van der Waals surface area contributed by atoms with E-state index in [0.717, 1.165) is 32.1 Å². The third kappa shape index (κ3) is 7.88. The second-order valence-electron chi connectivity index (χ2n) is 12.2. The van der Waals surface area contributed by atoms with Crippen LogP contribution in [0.5, 0.6) is 0 Å². The van der Waals surface area contributed by atoms with E-state index in [1.165, 1.54) is 24.3 Å². The molecule has 0 amide bonds. The fourth-order valence-electron chi connectivity index (χ4n) is 4.83. The molecule has 1 aromatic carbocycles. The number of halogens is 1. The van der Waals surface area contributed by atoms with Gasteiger partial charge >= 0.3 is 11.6 Å².